The minimum Gasteiger partial charge on any atom is -0.484 e. The molecule has 3 aromatic heterocycles. The molecule has 4 aromatic rings. The van der Waals surface area contributed by atoms with Crippen LogP contribution in [-0.4, -0.2) is 79.2 Å². The molecule has 0 spiro atoms. The van der Waals surface area contributed by atoms with Gasteiger partial charge in [0.1, 0.15) is 29.3 Å². The van der Waals surface area contributed by atoms with E-state index in [1.807, 2.05) is 61.5 Å². The Morgan fingerprint density at radius 2 is 1.91 bits per heavy atom. The summed E-state index contributed by atoms with van der Waals surface area (Å²) < 4.78 is 43.9. The van der Waals surface area contributed by atoms with Gasteiger partial charge in [0, 0.05) is 28.7 Å². The number of nitrogens with zero attached hydrogens (tertiary/aromatic N) is 2. The number of hydrogen-bond acceptors (Lipinski definition) is 11. The monoisotopic (exact) mass is 791 g/mol. The number of ether oxygens (including phenoxy) is 2. The minimum atomic E-state index is -3.54. The molecule has 14 nitrogen and oxygen atoms in total. The molecule has 0 radical (unpaired) electrons. The number of benzene rings is 1. The number of pyridine rings is 1. The fourth-order valence-electron chi connectivity index (χ4n) is 7.14. The van der Waals surface area contributed by atoms with E-state index in [1.54, 1.807) is 11.3 Å². The number of likely N-dealkylation sites (tertiary alicyclic amines) is 1. The number of para-hydroxylation sites is 1. The number of sulfonamides is 1. The first-order valence-electron chi connectivity index (χ1n) is 18.6. The Balaban J connectivity index is 0.973. The van der Waals surface area contributed by atoms with Crippen molar-refractivity contribution in [1.29, 1.82) is 0 Å². The number of thiophene rings is 1. The molecule has 4 heterocycles. The van der Waals surface area contributed by atoms with Crippen LogP contribution >= 0.6 is 11.3 Å². The van der Waals surface area contributed by atoms with Crippen molar-refractivity contribution in [2.45, 2.75) is 88.1 Å². The first-order valence-corrected chi connectivity index (χ1v) is 21.0. The number of allylic oxidation sites excluding steroid dienone is 2. The van der Waals surface area contributed by atoms with Crippen molar-refractivity contribution in [3.05, 3.63) is 59.5 Å². The highest BCUT2D eigenvalue weighted by Crippen LogP contribution is 2.41. The molecule has 1 aromatic carbocycles. The van der Waals surface area contributed by atoms with Crippen LogP contribution in [0.25, 0.3) is 32.6 Å². The Hall–Kier alpha value is -4.96. The number of furan rings is 1. The normalized spacial score (nSPS) is 21.5. The predicted molar refractivity (Wildman–Crippen MR) is 207 cm³/mol. The quantitative estimate of drug-likeness (QED) is 0.0985. The molecule has 4 amide bonds. The van der Waals surface area contributed by atoms with Gasteiger partial charge in [-0.3, -0.25) is 19.1 Å². The molecule has 292 valence electrons. The summed E-state index contributed by atoms with van der Waals surface area (Å²) >= 11 is 1.61. The molecule has 3 fully saturated rings. The summed E-state index contributed by atoms with van der Waals surface area (Å²) in [4.78, 5) is 59.8. The van der Waals surface area contributed by atoms with E-state index >= 15 is 0 Å². The largest absolute Gasteiger partial charge is 0.484 e. The van der Waals surface area contributed by atoms with Crippen LogP contribution in [0, 0.1) is 18.8 Å². The van der Waals surface area contributed by atoms with Crippen LogP contribution in [-0.2, 0) is 29.1 Å². The summed E-state index contributed by atoms with van der Waals surface area (Å²) in [5, 5.41) is 3.04. The SMILES string of the molecule is COC(=O)N[C@@H](CCCCC/C=C\[C@@H]1C[C@@H]1C(=O)NS(=O)(=O)C1CC1)C(=O)N1C[C@H](Oc2cc(-c3ccc(C)s3)nc3c2oc2ccccc23)C[C@H]1C(N)=O. The molecular weight excluding hydrogens is 747 g/mol. The molecule has 1 saturated heterocycles. The second-order valence-corrected chi connectivity index (χ2v) is 17.8. The fraction of sp³-hybridized carbons (Fsp3) is 0.462. The average molecular weight is 792 g/mol. The number of fused-ring (bicyclic) bond motifs is 3. The van der Waals surface area contributed by atoms with Crippen LogP contribution in [0.2, 0.25) is 0 Å². The third kappa shape index (κ3) is 8.80. The van der Waals surface area contributed by atoms with Gasteiger partial charge in [-0.15, -0.1) is 11.3 Å². The van der Waals surface area contributed by atoms with Crippen LogP contribution in [0.1, 0.15) is 62.7 Å². The number of aryl methyl sites for hydroxylation is 1. The van der Waals surface area contributed by atoms with E-state index < -0.39 is 57.3 Å². The summed E-state index contributed by atoms with van der Waals surface area (Å²) in [7, 11) is -2.33. The highest BCUT2D eigenvalue weighted by atomic mass is 32.2. The number of alkyl carbamates (subject to hydrolysis) is 1. The number of aromatic nitrogens is 1. The number of carbonyl (C=O) groups is 4. The molecule has 0 unspecified atom stereocenters. The maximum absolute atomic E-state index is 14.0. The van der Waals surface area contributed by atoms with Crippen LogP contribution in [0.3, 0.4) is 0 Å². The van der Waals surface area contributed by atoms with Gasteiger partial charge in [-0.05, 0) is 75.6 Å². The molecule has 5 atom stereocenters. The average Bonchev–Trinajstić information content (AvgIpc) is 4.04. The topological polar surface area (TPSA) is 200 Å². The summed E-state index contributed by atoms with van der Waals surface area (Å²) in [6, 6.07) is 11.5. The van der Waals surface area contributed by atoms with Gasteiger partial charge in [0.05, 0.1) is 29.5 Å². The molecule has 3 aliphatic rings. The van der Waals surface area contributed by atoms with Gasteiger partial charge in [-0.1, -0.05) is 37.1 Å². The van der Waals surface area contributed by atoms with E-state index in [2.05, 4.69) is 10.0 Å². The molecule has 1 aliphatic heterocycles. The second kappa shape index (κ2) is 16.0. The van der Waals surface area contributed by atoms with Gasteiger partial charge in [-0.2, -0.15) is 0 Å². The third-order valence-corrected chi connectivity index (χ3v) is 13.2. The minimum absolute atomic E-state index is 0.0303. The lowest BCUT2D eigenvalue weighted by Crippen LogP contribution is -2.53. The van der Waals surface area contributed by atoms with Crippen LogP contribution < -0.4 is 20.5 Å². The smallest absolute Gasteiger partial charge is 0.407 e. The maximum atomic E-state index is 14.0. The Bertz CT molecular complexity index is 2250. The third-order valence-electron chi connectivity index (χ3n) is 10.4. The Morgan fingerprint density at radius 3 is 2.64 bits per heavy atom. The molecule has 4 N–H and O–H groups in total. The van der Waals surface area contributed by atoms with Crippen molar-refractivity contribution in [1.82, 2.24) is 19.9 Å². The number of hydrogen-bond donors (Lipinski definition) is 3. The zero-order valence-corrected chi connectivity index (χ0v) is 32.3. The van der Waals surface area contributed by atoms with Crippen LogP contribution in [0.5, 0.6) is 5.75 Å². The Kier molecular flexibility index (Phi) is 11.2. The van der Waals surface area contributed by atoms with Crippen LogP contribution in [0.15, 0.2) is 59.0 Å². The van der Waals surface area contributed by atoms with Gasteiger partial charge >= 0.3 is 6.09 Å². The lowest BCUT2D eigenvalue weighted by Gasteiger charge is -2.27. The molecule has 0 bridgehead atoms. The standard InChI is InChI=1S/C39H45N5O9S2/c1-22-14-17-33(54-22)29-20-32(35-34(41-29)26-11-8-9-13-31(26)53-35)52-24-19-30(36(40)45)44(21-24)38(47)28(42-39(48)51-2)12-7-5-3-4-6-10-23-18-27(23)37(46)43-55(49,50)25-15-16-25/h6,8-11,13-14,17,20,23-25,27-28,30H,3-5,7,12,15-16,18-19,21H2,1-2H3,(H2,40,45)(H,42,48)(H,43,46)/b10-6-/t23-,24-,27+,28+,30+/m1/s1. The number of primary amides is 1. The second-order valence-electron chi connectivity index (χ2n) is 14.5. The highest BCUT2D eigenvalue weighted by molar-refractivity contribution is 7.90. The molecular formula is C39H45N5O9S2. The summed E-state index contributed by atoms with van der Waals surface area (Å²) in [5.41, 5.74) is 8.30. The number of amides is 4. The van der Waals surface area contributed by atoms with E-state index in [4.69, 9.17) is 24.6 Å². The van der Waals surface area contributed by atoms with Gasteiger partial charge in [-0.25, -0.2) is 18.2 Å². The summed E-state index contributed by atoms with van der Waals surface area (Å²) in [6.07, 6.45) is 7.76. The van der Waals surface area contributed by atoms with E-state index in [0.29, 0.717) is 60.2 Å². The van der Waals surface area contributed by atoms with Crippen molar-refractivity contribution in [3.8, 4) is 16.3 Å². The number of carbonyl (C=O) groups excluding carboxylic acids is 4. The molecule has 2 aliphatic carbocycles. The lowest BCUT2D eigenvalue weighted by molar-refractivity contribution is -0.139. The van der Waals surface area contributed by atoms with E-state index in [-0.39, 0.29) is 24.8 Å². The Morgan fingerprint density at radius 1 is 1.11 bits per heavy atom. The highest BCUT2D eigenvalue weighted by Gasteiger charge is 2.45. The van der Waals surface area contributed by atoms with E-state index in [1.165, 1.54) is 12.0 Å². The molecule has 16 heteroatoms. The van der Waals surface area contributed by atoms with Crippen molar-refractivity contribution in [3.63, 3.8) is 0 Å². The lowest BCUT2D eigenvalue weighted by atomic mass is 10.0. The fourth-order valence-corrected chi connectivity index (χ4v) is 9.32. The van der Waals surface area contributed by atoms with Gasteiger partial charge in [0.15, 0.2) is 11.3 Å². The van der Waals surface area contributed by atoms with Gasteiger partial charge in [0.25, 0.3) is 0 Å². The molecule has 55 heavy (non-hydrogen) atoms. The summed E-state index contributed by atoms with van der Waals surface area (Å²) in [5.74, 6) is -1.41. The zero-order valence-electron chi connectivity index (χ0n) is 30.7. The zero-order chi connectivity index (χ0) is 38.9. The van der Waals surface area contributed by atoms with Crippen molar-refractivity contribution in [2.75, 3.05) is 13.7 Å². The van der Waals surface area contributed by atoms with E-state index in [0.717, 1.165) is 34.4 Å². The Labute approximate surface area is 322 Å². The van der Waals surface area contributed by atoms with Crippen molar-refractivity contribution < 1.29 is 41.5 Å². The molecule has 2 saturated carbocycles. The first-order chi connectivity index (χ1) is 26.4. The number of rotatable bonds is 16. The first kappa shape index (κ1) is 38.3. The predicted octanol–water partition coefficient (Wildman–Crippen LogP) is 5.33. The summed E-state index contributed by atoms with van der Waals surface area (Å²) in [6.45, 7) is 2.08. The molecule has 7 rings (SSSR count). The number of unbranched alkanes of at least 4 members (excludes halogenated alkanes) is 3. The maximum Gasteiger partial charge on any atom is 0.407 e. The van der Waals surface area contributed by atoms with E-state index in [9.17, 15) is 27.6 Å². The number of methoxy groups -OCH3 is 1. The van der Waals surface area contributed by atoms with Crippen molar-refractivity contribution in [2.24, 2.45) is 17.6 Å². The van der Waals surface area contributed by atoms with Crippen molar-refractivity contribution >= 4 is 67.2 Å². The van der Waals surface area contributed by atoms with Crippen LogP contribution in [0.4, 0.5) is 4.79 Å². The van der Waals surface area contributed by atoms with Gasteiger partial charge < -0.3 is 29.8 Å². The van der Waals surface area contributed by atoms with Gasteiger partial charge in [0.2, 0.25) is 27.7 Å². The number of nitrogens with one attached hydrogen (secondary N) is 2. The number of nitrogens with two attached hydrogens (primary N) is 1.